The van der Waals surface area contributed by atoms with Crippen molar-refractivity contribution < 1.29 is 9.53 Å². The van der Waals surface area contributed by atoms with Gasteiger partial charge in [-0.3, -0.25) is 9.69 Å². The molecule has 0 aromatic rings. The van der Waals surface area contributed by atoms with Gasteiger partial charge in [0, 0.05) is 32.3 Å². The molecule has 1 aliphatic rings. The maximum atomic E-state index is 11.7. The molecule has 1 rings (SSSR count). The van der Waals surface area contributed by atoms with Gasteiger partial charge in [-0.2, -0.15) is 0 Å². The number of nitrogens with zero attached hydrogens (tertiary/aromatic N) is 1. The third-order valence-electron chi connectivity index (χ3n) is 3.27. The number of ether oxygens (including phenoxy) is 1. The fourth-order valence-electron chi connectivity index (χ4n) is 1.85. The number of nitrogens with one attached hydrogen (secondary N) is 1. The van der Waals surface area contributed by atoms with E-state index in [-0.39, 0.29) is 17.5 Å². The van der Waals surface area contributed by atoms with Crippen molar-refractivity contribution in [3.8, 4) is 0 Å². The number of carbonyl (C=O) groups excluding carboxylic acids is 1. The van der Waals surface area contributed by atoms with Gasteiger partial charge in [0.05, 0.1) is 12.6 Å². The molecule has 94 valence electrons. The molecule has 1 unspecified atom stereocenters. The molecule has 5 nitrogen and oxygen atoms in total. The number of hydrogen-bond acceptors (Lipinski definition) is 4. The monoisotopic (exact) mass is 229 g/mol. The minimum Gasteiger partial charge on any atom is -0.383 e. The maximum Gasteiger partial charge on any atom is 0.237 e. The smallest absolute Gasteiger partial charge is 0.237 e. The van der Waals surface area contributed by atoms with E-state index in [1.807, 2.05) is 6.92 Å². The Balaban J connectivity index is 2.25. The van der Waals surface area contributed by atoms with E-state index in [4.69, 9.17) is 10.5 Å². The van der Waals surface area contributed by atoms with Gasteiger partial charge in [0.25, 0.3) is 0 Å². The van der Waals surface area contributed by atoms with E-state index < -0.39 is 0 Å². The summed E-state index contributed by atoms with van der Waals surface area (Å²) in [6, 6.07) is -0.0971. The first-order valence-corrected chi connectivity index (χ1v) is 5.82. The van der Waals surface area contributed by atoms with Gasteiger partial charge in [0.1, 0.15) is 0 Å². The van der Waals surface area contributed by atoms with Crippen LogP contribution in [0.15, 0.2) is 0 Å². The molecule has 5 heteroatoms. The molecule has 0 aliphatic carbocycles. The molecule has 3 N–H and O–H groups in total. The summed E-state index contributed by atoms with van der Waals surface area (Å²) in [5.41, 5.74) is 5.98. The molecule has 1 atom stereocenters. The van der Waals surface area contributed by atoms with E-state index in [0.29, 0.717) is 13.2 Å². The SMILES string of the molecule is CCC1(N)CN(C(C)C(=O)NCCOC)C1. The Morgan fingerprint density at radius 2 is 2.25 bits per heavy atom. The summed E-state index contributed by atoms with van der Waals surface area (Å²) in [4.78, 5) is 13.8. The second-order valence-electron chi connectivity index (χ2n) is 4.58. The first kappa shape index (κ1) is 13.4. The molecule has 1 saturated heterocycles. The van der Waals surface area contributed by atoms with Crippen LogP contribution in [0.4, 0.5) is 0 Å². The van der Waals surface area contributed by atoms with Crippen LogP contribution in [0.2, 0.25) is 0 Å². The van der Waals surface area contributed by atoms with Gasteiger partial charge in [-0.15, -0.1) is 0 Å². The number of hydrogen-bond donors (Lipinski definition) is 2. The molecule has 0 aromatic carbocycles. The van der Waals surface area contributed by atoms with Gasteiger partial charge in [-0.1, -0.05) is 6.92 Å². The Morgan fingerprint density at radius 3 is 2.75 bits per heavy atom. The third kappa shape index (κ3) is 3.17. The van der Waals surface area contributed by atoms with Crippen LogP contribution in [-0.4, -0.2) is 55.7 Å². The Morgan fingerprint density at radius 1 is 1.62 bits per heavy atom. The lowest BCUT2D eigenvalue weighted by atomic mass is 9.87. The minimum atomic E-state index is -0.0971. The Hall–Kier alpha value is -0.650. The van der Waals surface area contributed by atoms with Crippen molar-refractivity contribution in [1.82, 2.24) is 10.2 Å². The lowest BCUT2D eigenvalue weighted by Crippen LogP contribution is -2.70. The van der Waals surface area contributed by atoms with Crippen molar-refractivity contribution in [2.45, 2.75) is 31.8 Å². The van der Waals surface area contributed by atoms with Crippen molar-refractivity contribution in [3.05, 3.63) is 0 Å². The summed E-state index contributed by atoms with van der Waals surface area (Å²) in [6.45, 7) is 6.73. The number of likely N-dealkylation sites (tertiary alicyclic amines) is 1. The topological polar surface area (TPSA) is 67.6 Å². The van der Waals surface area contributed by atoms with Crippen molar-refractivity contribution >= 4 is 5.91 Å². The van der Waals surface area contributed by atoms with Crippen LogP contribution in [0.25, 0.3) is 0 Å². The van der Waals surface area contributed by atoms with E-state index in [0.717, 1.165) is 19.5 Å². The van der Waals surface area contributed by atoms with Crippen LogP contribution in [-0.2, 0) is 9.53 Å². The predicted molar refractivity (Wildman–Crippen MR) is 63.1 cm³/mol. The van der Waals surface area contributed by atoms with Crippen molar-refractivity contribution in [3.63, 3.8) is 0 Å². The Kier molecular flexibility index (Phi) is 4.70. The first-order chi connectivity index (χ1) is 7.52. The van der Waals surface area contributed by atoms with Gasteiger partial charge in [-0.05, 0) is 13.3 Å². The molecule has 1 amide bonds. The molecule has 0 aromatic heterocycles. The molecule has 1 heterocycles. The van der Waals surface area contributed by atoms with E-state index in [1.165, 1.54) is 0 Å². The molecular formula is C11H23N3O2. The van der Waals surface area contributed by atoms with Gasteiger partial charge in [0.15, 0.2) is 0 Å². The van der Waals surface area contributed by atoms with Crippen LogP contribution >= 0.6 is 0 Å². The summed E-state index contributed by atoms with van der Waals surface area (Å²) in [7, 11) is 1.62. The van der Waals surface area contributed by atoms with E-state index in [2.05, 4.69) is 17.1 Å². The van der Waals surface area contributed by atoms with E-state index in [1.54, 1.807) is 7.11 Å². The van der Waals surface area contributed by atoms with Gasteiger partial charge in [0.2, 0.25) is 5.91 Å². The highest BCUT2D eigenvalue weighted by molar-refractivity contribution is 5.81. The summed E-state index contributed by atoms with van der Waals surface area (Å²) in [6.07, 6.45) is 0.960. The molecule has 16 heavy (non-hydrogen) atoms. The number of rotatable bonds is 6. The van der Waals surface area contributed by atoms with Crippen molar-refractivity contribution in [2.75, 3.05) is 33.4 Å². The zero-order valence-corrected chi connectivity index (χ0v) is 10.5. The standard InChI is InChI=1S/C11H23N3O2/c1-4-11(12)7-14(8-11)9(2)10(15)13-5-6-16-3/h9H,4-8,12H2,1-3H3,(H,13,15). The summed E-state index contributed by atoms with van der Waals surface area (Å²) >= 11 is 0. The number of carbonyl (C=O) groups is 1. The summed E-state index contributed by atoms with van der Waals surface area (Å²) in [5.74, 6) is 0.0511. The van der Waals surface area contributed by atoms with Crippen LogP contribution in [0.5, 0.6) is 0 Å². The Labute approximate surface area is 97.3 Å². The minimum absolute atomic E-state index is 0.0511. The molecule has 0 saturated carbocycles. The van der Waals surface area contributed by atoms with E-state index >= 15 is 0 Å². The first-order valence-electron chi connectivity index (χ1n) is 5.82. The summed E-state index contributed by atoms with van der Waals surface area (Å²) < 4.78 is 4.87. The van der Waals surface area contributed by atoms with Crippen LogP contribution in [0, 0.1) is 0 Å². The largest absolute Gasteiger partial charge is 0.383 e. The normalized spacial score (nSPS) is 21.2. The molecule has 1 fully saturated rings. The zero-order valence-electron chi connectivity index (χ0n) is 10.5. The zero-order chi connectivity index (χ0) is 12.2. The number of nitrogens with two attached hydrogens (primary N) is 1. The highest BCUT2D eigenvalue weighted by Gasteiger charge is 2.41. The van der Waals surface area contributed by atoms with Crippen LogP contribution < -0.4 is 11.1 Å². The molecule has 0 radical (unpaired) electrons. The summed E-state index contributed by atoms with van der Waals surface area (Å²) in [5, 5.41) is 2.83. The van der Waals surface area contributed by atoms with Gasteiger partial charge >= 0.3 is 0 Å². The Bertz CT molecular complexity index is 239. The number of methoxy groups -OCH3 is 1. The second-order valence-corrected chi connectivity index (χ2v) is 4.58. The molecule has 0 bridgehead atoms. The van der Waals surface area contributed by atoms with Crippen molar-refractivity contribution in [2.24, 2.45) is 5.73 Å². The van der Waals surface area contributed by atoms with Gasteiger partial charge < -0.3 is 15.8 Å². The van der Waals surface area contributed by atoms with E-state index in [9.17, 15) is 4.79 Å². The number of amides is 1. The lowest BCUT2D eigenvalue weighted by molar-refractivity contribution is -0.129. The highest BCUT2D eigenvalue weighted by Crippen LogP contribution is 2.23. The van der Waals surface area contributed by atoms with Crippen molar-refractivity contribution in [1.29, 1.82) is 0 Å². The third-order valence-corrected chi connectivity index (χ3v) is 3.27. The fourth-order valence-corrected chi connectivity index (χ4v) is 1.85. The predicted octanol–water partition coefficient (Wildman–Crippen LogP) is -0.439. The molecule has 0 spiro atoms. The average Bonchev–Trinajstić information content (AvgIpc) is 2.24. The molecule has 1 aliphatic heterocycles. The highest BCUT2D eigenvalue weighted by atomic mass is 16.5. The van der Waals surface area contributed by atoms with Crippen LogP contribution in [0.1, 0.15) is 20.3 Å². The van der Waals surface area contributed by atoms with Gasteiger partial charge in [-0.25, -0.2) is 0 Å². The lowest BCUT2D eigenvalue weighted by Gasteiger charge is -2.49. The quantitative estimate of drug-likeness (QED) is 0.606. The fraction of sp³-hybridized carbons (Fsp3) is 0.909. The maximum absolute atomic E-state index is 11.7. The average molecular weight is 229 g/mol. The van der Waals surface area contributed by atoms with Crippen LogP contribution in [0.3, 0.4) is 0 Å². The molecular weight excluding hydrogens is 206 g/mol. The second kappa shape index (κ2) is 5.61.